The summed E-state index contributed by atoms with van der Waals surface area (Å²) in [7, 11) is 0. The minimum atomic E-state index is 0.0245. The fraction of sp³-hybridized carbons (Fsp3) is 0.400. The maximum absolute atomic E-state index is 11.5. The molecular weight excluding hydrogens is 178 g/mol. The number of allylic oxidation sites excluding steroid dienone is 2. The zero-order chi connectivity index (χ0) is 9.80. The maximum Gasteiger partial charge on any atom is 0.227 e. The van der Waals surface area contributed by atoms with Crippen LogP contribution in [0.5, 0.6) is 0 Å². The molecule has 74 valence electrons. The van der Waals surface area contributed by atoms with Crippen molar-refractivity contribution in [1.29, 1.82) is 0 Å². The second-order valence-corrected chi connectivity index (χ2v) is 3.46. The number of rotatable bonds is 3. The third kappa shape index (κ3) is 2.22. The van der Waals surface area contributed by atoms with Crippen molar-refractivity contribution >= 4 is 11.9 Å². The van der Waals surface area contributed by atoms with Crippen molar-refractivity contribution < 1.29 is 4.79 Å². The van der Waals surface area contributed by atoms with E-state index in [1.807, 2.05) is 0 Å². The minimum Gasteiger partial charge on any atom is -0.331 e. The first-order chi connectivity index (χ1) is 6.84. The highest BCUT2D eigenvalue weighted by Gasteiger charge is 2.14. The van der Waals surface area contributed by atoms with Crippen molar-refractivity contribution in [1.82, 2.24) is 9.97 Å². The summed E-state index contributed by atoms with van der Waals surface area (Å²) in [5, 5.41) is 2.71. The van der Waals surface area contributed by atoms with E-state index in [9.17, 15) is 4.79 Å². The van der Waals surface area contributed by atoms with Gasteiger partial charge in [0.1, 0.15) is 0 Å². The van der Waals surface area contributed by atoms with E-state index in [0.29, 0.717) is 18.3 Å². The van der Waals surface area contributed by atoms with Crippen molar-refractivity contribution in [2.75, 3.05) is 5.32 Å². The van der Waals surface area contributed by atoms with Crippen LogP contribution in [0.1, 0.15) is 19.3 Å². The molecule has 1 amide bonds. The Morgan fingerprint density at radius 2 is 2.64 bits per heavy atom. The number of nitrogens with one attached hydrogen (secondary N) is 2. The SMILES string of the molecule is O=C(CC1C=CCC1)Nc1ncc[nH]1. The summed E-state index contributed by atoms with van der Waals surface area (Å²) < 4.78 is 0. The number of hydrogen-bond donors (Lipinski definition) is 2. The predicted octanol–water partition coefficient (Wildman–Crippen LogP) is 1.70. The average molecular weight is 191 g/mol. The molecule has 1 aliphatic carbocycles. The van der Waals surface area contributed by atoms with E-state index in [0.717, 1.165) is 12.8 Å². The van der Waals surface area contributed by atoms with Crippen LogP contribution in [-0.2, 0) is 4.79 Å². The molecule has 0 radical (unpaired) electrons. The molecule has 1 aromatic rings. The van der Waals surface area contributed by atoms with Gasteiger partial charge in [-0.25, -0.2) is 4.98 Å². The van der Waals surface area contributed by atoms with Gasteiger partial charge in [-0.3, -0.25) is 10.1 Å². The fourth-order valence-corrected chi connectivity index (χ4v) is 1.62. The van der Waals surface area contributed by atoms with Crippen LogP contribution in [0.15, 0.2) is 24.5 Å². The van der Waals surface area contributed by atoms with Crippen LogP contribution in [0.25, 0.3) is 0 Å². The molecule has 0 spiro atoms. The molecule has 0 saturated heterocycles. The van der Waals surface area contributed by atoms with Gasteiger partial charge < -0.3 is 4.98 Å². The van der Waals surface area contributed by atoms with Crippen molar-refractivity contribution in [3.63, 3.8) is 0 Å². The summed E-state index contributed by atoms with van der Waals surface area (Å²) in [6, 6.07) is 0. The lowest BCUT2D eigenvalue weighted by Gasteiger charge is -2.06. The molecule has 2 N–H and O–H groups in total. The quantitative estimate of drug-likeness (QED) is 0.714. The van der Waals surface area contributed by atoms with Gasteiger partial charge in [0.25, 0.3) is 0 Å². The third-order valence-electron chi connectivity index (χ3n) is 2.32. The fourth-order valence-electron chi connectivity index (χ4n) is 1.62. The van der Waals surface area contributed by atoms with Gasteiger partial charge in [0, 0.05) is 18.8 Å². The molecular formula is C10H13N3O. The molecule has 0 bridgehead atoms. The second kappa shape index (κ2) is 4.09. The summed E-state index contributed by atoms with van der Waals surface area (Å²) in [5.74, 6) is 0.957. The second-order valence-electron chi connectivity index (χ2n) is 3.46. The summed E-state index contributed by atoms with van der Waals surface area (Å²) >= 11 is 0. The minimum absolute atomic E-state index is 0.0245. The summed E-state index contributed by atoms with van der Waals surface area (Å²) in [5.41, 5.74) is 0. The number of aromatic nitrogens is 2. The van der Waals surface area contributed by atoms with Crippen LogP contribution in [0.3, 0.4) is 0 Å². The van der Waals surface area contributed by atoms with Gasteiger partial charge in [-0.1, -0.05) is 12.2 Å². The van der Waals surface area contributed by atoms with Gasteiger partial charge in [0.2, 0.25) is 11.9 Å². The highest BCUT2D eigenvalue weighted by atomic mass is 16.1. The van der Waals surface area contributed by atoms with Crippen LogP contribution in [0, 0.1) is 5.92 Å². The maximum atomic E-state index is 11.5. The number of anilines is 1. The van der Waals surface area contributed by atoms with E-state index in [1.54, 1.807) is 12.4 Å². The standard InChI is InChI=1S/C10H13N3O/c14-9(7-8-3-1-2-4-8)13-10-11-5-6-12-10/h1,3,5-6,8H,2,4,7H2,(H2,11,12,13,14). The van der Waals surface area contributed by atoms with E-state index in [-0.39, 0.29) is 5.91 Å². The van der Waals surface area contributed by atoms with E-state index >= 15 is 0 Å². The average Bonchev–Trinajstić information content (AvgIpc) is 2.76. The van der Waals surface area contributed by atoms with Gasteiger partial charge in [-0.15, -0.1) is 0 Å². The Bertz CT molecular complexity index is 329. The van der Waals surface area contributed by atoms with Crippen LogP contribution in [0.4, 0.5) is 5.95 Å². The number of hydrogen-bond acceptors (Lipinski definition) is 2. The van der Waals surface area contributed by atoms with Gasteiger partial charge >= 0.3 is 0 Å². The van der Waals surface area contributed by atoms with E-state index in [2.05, 4.69) is 27.4 Å². The molecule has 0 saturated carbocycles. The molecule has 1 heterocycles. The first kappa shape index (κ1) is 8.99. The number of nitrogens with zero attached hydrogens (tertiary/aromatic N) is 1. The molecule has 4 heteroatoms. The highest BCUT2D eigenvalue weighted by molar-refractivity contribution is 5.89. The van der Waals surface area contributed by atoms with Gasteiger partial charge in [-0.2, -0.15) is 0 Å². The number of H-pyrrole nitrogens is 1. The van der Waals surface area contributed by atoms with E-state index in [4.69, 9.17) is 0 Å². The Morgan fingerprint density at radius 1 is 1.71 bits per heavy atom. The van der Waals surface area contributed by atoms with Crippen molar-refractivity contribution in [2.45, 2.75) is 19.3 Å². The molecule has 1 aliphatic rings. The molecule has 0 aliphatic heterocycles. The molecule has 1 aromatic heterocycles. The molecule has 1 atom stereocenters. The van der Waals surface area contributed by atoms with E-state index in [1.165, 1.54) is 0 Å². The van der Waals surface area contributed by atoms with E-state index < -0.39 is 0 Å². The predicted molar refractivity (Wildman–Crippen MR) is 53.7 cm³/mol. The van der Waals surface area contributed by atoms with Gasteiger partial charge in [-0.05, 0) is 18.8 Å². The van der Waals surface area contributed by atoms with Gasteiger partial charge in [0.05, 0.1) is 0 Å². The van der Waals surface area contributed by atoms with Crippen LogP contribution >= 0.6 is 0 Å². The number of amides is 1. The largest absolute Gasteiger partial charge is 0.331 e. The molecule has 0 fully saturated rings. The van der Waals surface area contributed by atoms with Crippen LogP contribution < -0.4 is 5.32 Å². The zero-order valence-electron chi connectivity index (χ0n) is 7.86. The molecule has 4 nitrogen and oxygen atoms in total. The Balaban J connectivity index is 1.81. The number of imidazole rings is 1. The lowest BCUT2D eigenvalue weighted by Crippen LogP contribution is -2.15. The normalized spacial score (nSPS) is 19.9. The number of carbonyl (C=O) groups is 1. The summed E-state index contributed by atoms with van der Waals surface area (Å²) in [4.78, 5) is 18.2. The zero-order valence-corrected chi connectivity index (χ0v) is 7.86. The number of aromatic amines is 1. The lowest BCUT2D eigenvalue weighted by atomic mass is 10.1. The van der Waals surface area contributed by atoms with Crippen molar-refractivity contribution in [2.24, 2.45) is 5.92 Å². The smallest absolute Gasteiger partial charge is 0.227 e. The Hall–Kier alpha value is -1.58. The van der Waals surface area contributed by atoms with Crippen LogP contribution in [0.2, 0.25) is 0 Å². The first-order valence-corrected chi connectivity index (χ1v) is 4.80. The summed E-state index contributed by atoms with van der Waals surface area (Å²) in [6.45, 7) is 0. The molecule has 1 unspecified atom stereocenters. The van der Waals surface area contributed by atoms with Crippen LogP contribution in [-0.4, -0.2) is 15.9 Å². The Kier molecular flexibility index (Phi) is 2.62. The topological polar surface area (TPSA) is 57.8 Å². The highest BCUT2D eigenvalue weighted by Crippen LogP contribution is 2.20. The molecule has 0 aromatic carbocycles. The van der Waals surface area contributed by atoms with Crippen molar-refractivity contribution in [3.05, 3.63) is 24.5 Å². The number of carbonyl (C=O) groups excluding carboxylic acids is 1. The Morgan fingerprint density at radius 3 is 3.29 bits per heavy atom. The van der Waals surface area contributed by atoms with Crippen molar-refractivity contribution in [3.8, 4) is 0 Å². The van der Waals surface area contributed by atoms with Gasteiger partial charge in [0.15, 0.2) is 0 Å². The third-order valence-corrected chi connectivity index (χ3v) is 2.32. The first-order valence-electron chi connectivity index (χ1n) is 4.80. The Labute approximate surface area is 82.4 Å². The monoisotopic (exact) mass is 191 g/mol. The molecule has 2 rings (SSSR count). The lowest BCUT2D eigenvalue weighted by molar-refractivity contribution is -0.116. The molecule has 14 heavy (non-hydrogen) atoms. The summed E-state index contributed by atoms with van der Waals surface area (Å²) in [6.07, 6.45) is 10.3.